The van der Waals surface area contributed by atoms with E-state index in [1.54, 1.807) is 18.4 Å². The number of hydrogen-bond donors (Lipinski definition) is 2. The summed E-state index contributed by atoms with van der Waals surface area (Å²) >= 11 is 0. The monoisotopic (exact) mass is 467 g/mol. The zero-order valence-electron chi connectivity index (χ0n) is 18.1. The van der Waals surface area contributed by atoms with Gasteiger partial charge in [0, 0.05) is 37.2 Å². The first-order chi connectivity index (χ1) is 15.6. The molecule has 5 rings (SSSR count). The maximum atomic E-state index is 11.8. The predicted molar refractivity (Wildman–Crippen MR) is 128 cm³/mol. The van der Waals surface area contributed by atoms with Crippen LogP contribution >= 0.6 is 12.4 Å². The molecule has 1 atom stereocenters. The van der Waals surface area contributed by atoms with E-state index in [9.17, 15) is 4.79 Å². The van der Waals surface area contributed by atoms with E-state index in [0.717, 1.165) is 43.5 Å². The highest BCUT2D eigenvalue weighted by Crippen LogP contribution is 2.26. The summed E-state index contributed by atoms with van der Waals surface area (Å²) in [6, 6.07) is 13.3. The number of carbonyl (C=O) groups excluding carboxylic acids is 1. The van der Waals surface area contributed by atoms with Gasteiger partial charge in [-0.1, -0.05) is 18.2 Å². The molecule has 0 spiro atoms. The van der Waals surface area contributed by atoms with Crippen LogP contribution in [0.3, 0.4) is 0 Å². The minimum Gasteiger partial charge on any atom is -0.461 e. The third-order valence-corrected chi connectivity index (χ3v) is 5.82. The van der Waals surface area contributed by atoms with Gasteiger partial charge in [0.1, 0.15) is 0 Å². The van der Waals surface area contributed by atoms with Crippen molar-refractivity contribution in [1.82, 2.24) is 24.5 Å². The van der Waals surface area contributed by atoms with Gasteiger partial charge in [-0.25, -0.2) is 9.97 Å². The third-order valence-electron chi connectivity index (χ3n) is 5.82. The van der Waals surface area contributed by atoms with E-state index in [2.05, 4.69) is 15.1 Å². The van der Waals surface area contributed by atoms with Crippen LogP contribution in [0.1, 0.15) is 37.3 Å². The molecule has 0 bridgehead atoms. The Morgan fingerprint density at radius 1 is 1.15 bits per heavy atom. The second-order valence-electron chi connectivity index (χ2n) is 8.04. The molecule has 0 aliphatic carbocycles. The number of carbonyl (C=O) groups is 1. The highest BCUT2D eigenvalue weighted by atomic mass is 35.5. The smallest absolute Gasteiger partial charge is 0.223 e. The van der Waals surface area contributed by atoms with Crippen LogP contribution in [-0.4, -0.2) is 43.5 Å². The van der Waals surface area contributed by atoms with Gasteiger partial charge in [0.2, 0.25) is 17.7 Å². The summed E-state index contributed by atoms with van der Waals surface area (Å²) in [5.41, 5.74) is 15.8. The number of nitrogens with zero attached hydrogens (tertiary/aromatic N) is 5. The van der Waals surface area contributed by atoms with Crippen LogP contribution in [0.25, 0.3) is 28.5 Å². The number of nitrogens with two attached hydrogens (primary N) is 2. The SMILES string of the molecule is Cl.Nc1nc(-c2cccc(C(N)CCCN3CCCC3=O)c2)cc2nc(-c3ccco3)nn12. The number of fused-ring (bicyclic) bond motifs is 1. The number of anilines is 1. The van der Waals surface area contributed by atoms with Gasteiger partial charge in [-0.05, 0) is 43.0 Å². The summed E-state index contributed by atoms with van der Waals surface area (Å²) in [6.07, 6.45) is 4.89. The zero-order valence-corrected chi connectivity index (χ0v) is 18.9. The maximum Gasteiger partial charge on any atom is 0.223 e. The third kappa shape index (κ3) is 4.69. The van der Waals surface area contributed by atoms with Gasteiger partial charge in [0.25, 0.3) is 0 Å². The van der Waals surface area contributed by atoms with E-state index in [-0.39, 0.29) is 30.3 Å². The lowest BCUT2D eigenvalue weighted by molar-refractivity contribution is -0.127. The quantitative estimate of drug-likeness (QED) is 0.425. The Labute approximate surface area is 197 Å². The van der Waals surface area contributed by atoms with Gasteiger partial charge in [-0.2, -0.15) is 4.52 Å². The van der Waals surface area contributed by atoms with Crippen molar-refractivity contribution in [3.8, 4) is 22.8 Å². The van der Waals surface area contributed by atoms with Crippen LogP contribution in [0.4, 0.5) is 5.95 Å². The fraction of sp³-hybridized carbons (Fsp3) is 0.304. The normalized spacial score (nSPS) is 14.6. The number of furan rings is 1. The van der Waals surface area contributed by atoms with Crippen molar-refractivity contribution >= 4 is 29.9 Å². The molecule has 10 heteroatoms. The maximum absolute atomic E-state index is 11.8. The van der Waals surface area contributed by atoms with E-state index in [1.807, 2.05) is 35.2 Å². The lowest BCUT2D eigenvalue weighted by atomic mass is 9.99. The number of nitrogen functional groups attached to an aromatic ring is 1. The number of benzene rings is 1. The molecule has 4 N–H and O–H groups in total. The summed E-state index contributed by atoms with van der Waals surface area (Å²) in [4.78, 5) is 22.7. The summed E-state index contributed by atoms with van der Waals surface area (Å²) in [6.45, 7) is 1.63. The Bertz CT molecular complexity index is 1260. The molecule has 1 amide bonds. The first kappa shape index (κ1) is 22.8. The number of hydrogen-bond acceptors (Lipinski definition) is 7. The number of halogens is 1. The number of rotatable bonds is 7. The highest BCUT2D eigenvalue weighted by Gasteiger charge is 2.20. The van der Waals surface area contributed by atoms with Crippen molar-refractivity contribution in [1.29, 1.82) is 0 Å². The molecule has 33 heavy (non-hydrogen) atoms. The summed E-state index contributed by atoms with van der Waals surface area (Å²) in [7, 11) is 0. The molecule has 1 fully saturated rings. The average molecular weight is 468 g/mol. The Kier molecular flexibility index (Phi) is 6.62. The second kappa shape index (κ2) is 9.60. The van der Waals surface area contributed by atoms with Crippen LogP contribution in [0.2, 0.25) is 0 Å². The van der Waals surface area contributed by atoms with Gasteiger partial charge >= 0.3 is 0 Å². The first-order valence-corrected chi connectivity index (χ1v) is 10.8. The molecule has 1 saturated heterocycles. The van der Waals surface area contributed by atoms with Crippen LogP contribution in [-0.2, 0) is 4.79 Å². The van der Waals surface area contributed by atoms with Crippen molar-refractivity contribution in [2.24, 2.45) is 5.73 Å². The van der Waals surface area contributed by atoms with Crippen molar-refractivity contribution in [3.05, 3.63) is 54.3 Å². The summed E-state index contributed by atoms with van der Waals surface area (Å²) in [5.74, 6) is 1.52. The summed E-state index contributed by atoms with van der Waals surface area (Å²) < 4.78 is 6.88. The van der Waals surface area contributed by atoms with Crippen molar-refractivity contribution < 1.29 is 9.21 Å². The van der Waals surface area contributed by atoms with E-state index < -0.39 is 0 Å². The fourth-order valence-electron chi connectivity index (χ4n) is 4.11. The lowest BCUT2D eigenvalue weighted by Gasteiger charge is -2.18. The Morgan fingerprint density at radius 3 is 2.79 bits per heavy atom. The van der Waals surface area contributed by atoms with Crippen LogP contribution < -0.4 is 11.5 Å². The molecular weight excluding hydrogens is 442 g/mol. The number of likely N-dealkylation sites (tertiary alicyclic amines) is 1. The topological polar surface area (TPSA) is 129 Å². The molecule has 0 saturated carbocycles. The van der Waals surface area contributed by atoms with Crippen molar-refractivity contribution in [3.63, 3.8) is 0 Å². The fourth-order valence-corrected chi connectivity index (χ4v) is 4.11. The molecule has 4 heterocycles. The van der Waals surface area contributed by atoms with E-state index >= 15 is 0 Å². The molecule has 4 aromatic rings. The molecule has 1 aromatic carbocycles. The lowest BCUT2D eigenvalue weighted by Crippen LogP contribution is -2.26. The highest BCUT2D eigenvalue weighted by molar-refractivity contribution is 5.85. The van der Waals surface area contributed by atoms with Crippen molar-refractivity contribution in [2.75, 3.05) is 18.8 Å². The van der Waals surface area contributed by atoms with E-state index in [0.29, 0.717) is 29.3 Å². The molecule has 3 aromatic heterocycles. The molecule has 1 aliphatic heterocycles. The van der Waals surface area contributed by atoms with Gasteiger partial charge in [-0.3, -0.25) is 4.79 Å². The van der Waals surface area contributed by atoms with Crippen LogP contribution in [0, 0.1) is 0 Å². The largest absolute Gasteiger partial charge is 0.461 e. The van der Waals surface area contributed by atoms with Gasteiger partial charge in [0.05, 0.1) is 12.0 Å². The number of amides is 1. The summed E-state index contributed by atoms with van der Waals surface area (Å²) in [5, 5.41) is 4.38. The second-order valence-corrected chi connectivity index (χ2v) is 8.04. The standard InChI is InChI=1S/C23H25N7O2.ClH/c24-17(7-2-10-29-11-3-9-21(29)31)15-5-1-6-16(13-15)18-14-20-27-22(19-8-4-12-32-19)28-30(20)23(25)26-18;/h1,4-6,8,12-14,17H,2-3,7,9-11,24H2,(H2,25,26);1H. The Balaban J connectivity index is 0.00000259. The Hall–Kier alpha value is -3.43. The first-order valence-electron chi connectivity index (χ1n) is 10.8. The van der Waals surface area contributed by atoms with Crippen LogP contribution in [0.15, 0.2) is 53.1 Å². The van der Waals surface area contributed by atoms with Gasteiger partial charge in [-0.15, -0.1) is 17.5 Å². The molecular formula is C23H26ClN7O2. The van der Waals surface area contributed by atoms with E-state index in [4.69, 9.17) is 15.9 Å². The molecule has 1 unspecified atom stereocenters. The zero-order chi connectivity index (χ0) is 22.1. The minimum atomic E-state index is -0.118. The minimum absolute atomic E-state index is 0. The number of aromatic nitrogens is 4. The molecule has 9 nitrogen and oxygen atoms in total. The average Bonchev–Trinajstić information content (AvgIpc) is 3.55. The molecule has 0 radical (unpaired) electrons. The van der Waals surface area contributed by atoms with E-state index in [1.165, 1.54) is 4.52 Å². The molecule has 172 valence electrons. The van der Waals surface area contributed by atoms with Crippen molar-refractivity contribution in [2.45, 2.75) is 31.7 Å². The molecule has 1 aliphatic rings. The van der Waals surface area contributed by atoms with Gasteiger partial charge < -0.3 is 20.8 Å². The van der Waals surface area contributed by atoms with Crippen LogP contribution in [0.5, 0.6) is 0 Å². The van der Waals surface area contributed by atoms with Gasteiger partial charge in [0.15, 0.2) is 11.4 Å². The Morgan fingerprint density at radius 2 is 2.03 bits per heavy atom. The predicted octanol–water partition coefficient (Wildman–Crippen LogP) is 3.46.